The third-order valence-electron chi connectivity index (χ3n) is 6.88. The minimum absolute atomic E-state index is 0.293. The number of hydrogen-bond acceptors (Lipinski definition) is 5. The average molecular weight is 469 g/mol. The fraction of sp³-hybridized carbons (Fsp3) is 0.517. The molecule has 0 amide bonds. The van der Waals surface area contributed by atoms with Gasteiger partial charge in [0.25, 0.3) is 0 Å². The second-order valence-corrected chi connectivity index (χ2v) is 9.28. The van der Waals surface area contributed by atoms with E-state index in [-0.39, 0.29) is 11.6 Å². The highest BCUT2D eigenvalue weighted by atomic mass is 16.3. The van der Waals surface area contributed by atoms with E-state index < -0.39 is 17.3 Å². The van der Waals surface area contributed by atoms with Gasteiger partial charge >= 0.3 is 0 Å². The van der Waals surface area contributed by atoms with Crippen molar-refractivity contribution in [3.8, 4) is 0 Å². The predicted octanol–water partition coefficient (Wildman–Crippen LogP) is 5.80. The van der Waals surface area contributed by atoms with Crippen LogP contribution < -0.4 is 0 Å². The molecule has 0 heterocycles. The van der Waals surface area contributed by atoms with E-state index in [1.54, 1.807) is 48.5 Å². The molecule has 0 bridgehead atoms. The van der Waals surface area contributed by atoms with Gasteiger partial charge in [-0.25, -0.2) is 0 Å². The summed E-state index contributed by atoms with van der Waals surface area (Å²) in [5.74, 6) is -0.585. The molecule has 0 aliphatic rings. The molecule has 0 radical (unpaired) electrons. The number of rotatable bonds is 14. The number of aliphatic hydroxyl groups is 3. The minimum atomic E-state index is -1.37. The highest BCUT2D eigenvalue weighted by molar-refractivity contribution is 6.02. The van der Waals surface area contributed by atoms with Crippen LogP contribution in [0.2, 0.25) is 0 Å². The van der Waals surface area contributed by atoms with Crippen LogP contribution in [0.3, 0.4) is 0 Å². The Morgan fingerprint density at radius 1 is 0.676 bits per heavy atom. The zero-order valence-corrected chi connectivity index (χ0v) is 21.0. The fourth-order valence-corrected chi connectivity index (χ4v) is 4.20. The number of Topliss-reactive ketones (excluding diaryl/α,β-unsaturated/α-hetero) is 2. The number of aliphatic hydroxyl groups excluding tert-OH is 1. The first-order valence-electron chi connectivity index (χ1n) is 12.6. The molecule has 3 N–H and O–H groups in total. The lowest BCUT2D eigenvalue weighted by Gasteiger charge is -2.25. The molecule has 2 unspecified atom stereocenters. The standard InChI is InChI=1S/C29H40O5/c1-5-9-19-28(33,7-3)26(31)23-15-11-21(12-16-23)25(30)22-13-17-24(18-14-22)27(32)29(34,8-4)20-10-6-2/h11-18,25,30,33-34H,5-10,19-20H2,1-4H3. The Labute approximate surface area is 203 Å². The topological polar surface area (TPSA) is 94.8 Å². The van der Waals surface area contributed by atoms with Crippen LogP contribution in [0.5, 0.6) is 0 Å². The molecular formula is C29H40O5. The number of unbranched alkanes of at least 4 members (excludes halogenated alkanes) is 2. The van der Waals surface area contributed by atoms with Gasteiger partial charge in [0.05, 0.1) is 0 Å². The van der Waals surface area contributed by atoms with Crippen molar-refractivity contribution >= 4 is 11.6 Å². The highest BCUT2D eigenvalue weighted by Gasteiger charge is 2.35. The maximum absolute atomic E-state index is 12.9. The van der Waals surface area contributed by atoms with Crippen molar-refractivity contribution in [2.45, 2.75) is 96.4 Å². The van der Waals surface area contributed by atoms with Crippen LogP contribution in [0, 0.1) is 0 Å². The van der Waals surface area contributed by atoms with E-state index in [0.717, 1.165) is 25.7 Å². The summed E-state index contributed by atoms with van der Waals surface area (Å²) in [6.07, 6.45) is 4.01. The Morgan fingerprint density at radius 3 is 1.26 bits per heavy atom. The Morgan fingerprint density at radius 2 is 1.00 bits per heavy atom. The summed E-state index contributed by atoms with van der Waals surface area (Å²) < 4.78 is 0. The molecule has 5 heteroatoms. The molecule has 0 saturated carbocycles. The molecule has 2 aromatic carbocycles. The summed E-state index contributed by atoms with van der Waals surface area (Å²) in [5.41, 5.74) is -0.674. The number of carbonyl (C=O) groups excluding carboxylic acids is 2. The molecule has 0 aliphatic heterocycles. The lowest BCUT2D eigenvalue weighted by molar-refractivity contribution is 0.0240. The predicted molar refractivity (Wildman–Crippen MR) is 135 cm³/mol. The van der Waals surface area contributed by atoms with Gasteiger partial charge in [-0.05, 0) is 36.8 Å². The molecule has 0 aliphatic carbocycles. The van der Waals surface area contributed by atoms with Gasteiger partial charge in [-0.2, -0.15) is 0 Å². The third kappa shape index (κ3) is 6.41. The maximum Gasteiger partial charge on any atom is 0.194 e. The van der Waals surface area contributed by atoms with Crippen molar-refractivity contribution < 1.29 is 24.9 Å². The van der Waals surface area contributed by atoms with Crippen LogP contribution in [0.4, 0.5) is 0 Å². The minimum Gasteiger partial charge on any atom is -0.384 e. The Kier molecular flexibility index (Phi) is 10.2. The van der Waals surface area contributed by atoms with E-state index in [1.807, 2.05) is 27.7 Å². The van der Waals surface area contributed by atoms with Gasteiger partial charge in [0.2, 0.25) is 0 Å². The quantitative estimate of drug-likeness (QED) is 0.305. The molecular weight excluding hydrogens is 428 g/mol. The number of ketones is 2. The summed E-state index contributed by atoms with van der Waals surface area (Å²) in [6, 6.07) is 13.3. The van der Waals surface area contributed by atoms with Gasteiger partial charge in [0, 0.05) is 11.1 Å². The molecule has 0 aromatic heterocycles. The van der Waals surface area contributed by atoms with Crippen LogP contribution >= 0.6 is 0 Å². The van der Waals surface area contributed by atoms with E-state index in [9.17, 15) is 24.9 Å². The monoisotopic (exact) mass is 468 g/mol. The zero-order chi connectivity index (χ0) is 25.4. The molecule has 5 nitrogen and oxygen atoms in total. The molecule has 2 rings (SSSR count). The SMILES string of the molecule is CCCCC(O)(CC)C(=O)c1ccc(C(O)c2ccc(C(=O)C(O)(CC)CCCC)cc2)cc1. The van der Waals surface area contributed by atoms with Crippen LogP contribution in [0.1, 0.15) is 117 Å². The summed E-state index contributed by atoms with van der Waals surface area (Å²) in [4.78, 5) is 25.7. The van der Waals surface area contributed by atoms with E-state index in [1.165, 1.54) is 0 Å². The molecule has 0 fully saturated rings. The summed E-state index contributed by atoms with van der Waals surface area (Å²) >= 11 is 0. The van der Waals surface area contributed by atoms with E-state index in [2.05, 4.69) is 0 Å². The van der Waals surface area contributed by atoms with E-state index >= 15 is 0 Å². The van der Waals surface area contributed by atoms with Gasteiger partial charge in [0.1, 0.15) is 17.3 Å². The van der Waals surface area contributed by atoms with E-state index in [4.69, 9.17) is 0 Å². The van der Waals surface area contributed by atoms with Crippen molar-refractivity contribution in [3.63, 3.8) is 0 Å². The van der Waals surface area contributed by atoms with Crippen molar-refractivity contribution in [2.75, 3.05) is 0 Å². The molecule has 2 atom stereocenters. The Bertz CT molecular complexity index is 856. The summed E-state index contributed by atoms with van der Waals surface area (Å²) in [6.45, 7) is 7.67. The second kappa shape index (κ2) is 12.4. The first-order valence-corrected chi connectivity index (χ1v) is 12.6. The number of hydrogen-bond donors (Lipinski definition) is 3. The first-order chi connectivity index (χ1) is 16.2. The smallest absolute Gasteiger partial charge is 0.194 e. The highest BCUT2D eigenvalue weighted by Crippen LogP contribution is 2.28. The van der Waals surface area contributed by atoms with Gasteiger partial charge in [-0.3, -0.25) is 9.59 Å². The zero-order valence-electron chi connectivity index (χ0n) is 21.0. The molecule has 186 valence electrons. The Hall–Kier alpha value is -2.34. The van der Waals surface area contributed by atoms with Crippen molar-refractivity contribution in [1.29, 1.82) is 0 Å². The number of benzene rings is 2. The van der Waals surface area contributed by atoms with Crippen molar-refractivity contribution in [2.24, 2.45) is 0 Å². The van der Waals surface area contributed by atoms with Crippen molar-refractivity contribution in [3.05, 3.63) is 70.8 Å². The average Bonchev–Trinajstić information content (AvgIpc) is 2.89. The first kappa shape index (κ1) is 27.9. The number of carbonyl (C=O) groups is 2. The molecule has 0 spiro atoms. The second-order valence-electron chi connectivity index (χ2n) is 9.28. The molecule has 2 aromatic rings. The summed E-state index contributed by atoms with van der Waals surface area (Å²) in [5, 5.41) is 32.4. The van der Waals surface area contributed by atoms with Crippen molar-refractivity contribution in [1.82, 2.24) is 0 Å². The fourth-order valence-electron chi connectivity index (χ4n) is 4.20. The third-order valence-corrected chi connectivity index (χ3v) is 6.88. The lowest BCUT2D eigenvalue weighted by Crippen LogP contribution is -2.38. The van der Waals surface area contributed by atoms with Gasteiger partial charge in [0.15, 0.2) is 11.6 Å². The maximum atomic E-state index is 12.9. The van der Waals surface area contributed by atoms with Crippen LogP contribution in [0.15, 0.2) is 48.5 Å². The van der Waals surface area contributed by atoms with Gasteiger partial charge in [-0.15, -0.1) is 0 Å². The van der Waals surface area contributed by atoms with Crippen LogP contribution in [-0.2, 0) is 0 Å². The lowest BCUT2D eigenvalue weighted by atomic mass is 9.85. The van der Waals surface area contributed by atoms with Gasteiger partial charge < -0.3 is 15.3 Å². The molecule has 34 heavy (non-hydrogen) atoms. The Balaban J connectivity index is 2.16. The van der Waals surface area contributed by atoms with Crippen LogP contribution in [-0.4, -0.2) is 38.1 Å². The largest absolute Gasteiger partial charge is 0.384 e. The van der Waals surface area contributed by atoms with E-state index in [0.29, 0.717) is 47.9 Å². The molecule has 0 saturated heterocycles. The van der Waals surface area contributed by atoms with Crippen LogP contribution in [0.25, 0.3) is 0 Å². The van der Waals surface area contributed by atoms with Gasteiger partial charge in [-0.1, -0.05) is 102 Å². The summed E-state index contributed by atoms with van der Waals surface area (Å²) in [7, 11) is 0. The normalized spacial score (nSPS) is 15.9.